The molecule has 1 fully saturated rings. The van der Waals surface area contributed by atoms with E-state index in [0.29, 0.717) is 11.7 Å². The van der Waals surface area contributed by atoms with E-state index in [-0.39, 0.29) is 5.69 Å². The van der Waals surface area contributed by atoms with E-state index in [4.69, 9.17) is 0 Å². The highest BCUT2D eigenvalue weighted by molar-refractivity contribution is 6.00. The maximum absolute atomic E-state index is 11.9. The first-order chi connectivity index (χ1) is 15.4. The number of benzene rings is 2. The zero-order valence-corrected chi connectivity index (χ0v) is 18.4. The van der Waals surface area contributed by atoms with Crippen LogP contribution in [0.15, 0.2) is 60.7 Å². The van der Waals surface area contributed by atoms with Gasteiger partial charge in [0.2, 0.25) is 0 Å². The maximum atomic E-state index is 11.9. The molecule has 5 rings (SSSR count). The topological polar surface area (TPSA) is 74.5 Å². The van der Waals surface area contributed by atoms with Crippen molar-refractivity contribution in [2.75, 3.05) is 32.1 Å². The summed E-state index contributed by atoms with van der Waals surface area (Å²) in [6.45, 7) is 3.96. The van der Waals surface area contributed by atoms with Crippen LogP contribution in [0.1, 0.15) is 16.2 Å². The van der Waals surface area contributed by atoms with Gasteiger partial charge in [-0.1, -0.05) is 30.3 Å². The lowest BCUT2D eigenvalue weighted by atomic mass is 9.99. The van der Waals surface area contributed by atoms with Gasteiger partial charge in [0, 0.05) is 24.8 Å². The molecule has 0 spiro atoms. The SMILES string of the molecule is Cc1nn(-c2ccccc2)c2nc(C(=O)O)cc(-c3ccc(N4CC(N(C)C)C4)cc3)c12. The molecule has 32 heavy (non-hydrogen) atoms. The number of hydrogen-bond donors (Lipinski definition) is 1. The van der Waals surface area contributed by atoms with Gasteiger partial charge in [0.1, 0.15) is 0 Å². The first-order valence-electron chi connectivity index (χ1n) is 10.6. The van der Waals surface area contributed by atoms with Crippen molar-refractivity contribution in [3.63, 3.8) is 0 Å². The molecule has 7 heteroatoms. The molecular formula is C25H25N5O2. The van der Waals surface area contributed by atoms with E-state index < -0.39 is 5.97 Å². The molecule has 2 aromatic heterocycles. The van der Waals surface area contributed by atoms with Gasteiger partial charge >= 0.3 is 5.97 Å². The van der Waals surface area contributed by atoms with Crippen molar-refractivity contribution in [1.29, 1.82) is 0 Å². The Hall–Kier alpha value is -3.71. The summed E-state index contributed by atoms with van der Waals surface area (Å²) >= 11 is 0. The molecular weight excluding hydrogens is 402 g/mol. The van der Waals surface area contributed by atoms with Crippen molar-refractivity contribution in [3.05, 3.63) is 72.1 Å². The van der Waals surface area contributed by atoms with Gasteiger partial charge in [0.15, 0.2) is 11.3 Å². The smallest absolute Gasteiger partial charge is 0.354 e. The molecule has 4 aromatic rings. The molecule has 0 radical (unpaired) electrons. The van der Waals surface area contributed by atoms with Gasteiger partial charge in [-0.2, -0.15) is 5.10 Å². The predicted molar refractivity (Wildman–Crippen MR) is 126 cm³/mol. The first-order valence-corrected chi connectivity index (χ1v) is 10.6. The van der Waals surface area contributed by atoms with Crippen LogP contribution in [-0.4, -0.2) is 64.0 Å². The number of anilines is 1. The van der Waals surface area contributed by atoms with Crippen LogP contribution in [0.4, 0.5) is 5.69 Å². The van der Waals surface area contributed by atoms with Crippen LogP contribution >= 0.6 is 0 Å². The van der Waals surface area contributed by atoms with Crippen molar-refractivity contribution in [2.45, 2.75) is 13.0 Å². The molecule has 2 aromatic carbocycles. The van der Waals surface area contributed by atoms with Gasteiger partial charge in [0.25, 0.3) is 0 Å². The van der Waals surface area contributed by atoms with E-state index in [1.54, 1.807) is 10.7 Å². The quantitative estimate of drug-likeness (QED) is 0.522. The van der Waals surface area contributed by atoms with Gasteiger partial charge < -0.3 is 14.9 Å². The zero-order valence-electron chi connectivity index (χ0n) is 18.4. The Kier molecular flexibility index (Phi) is 4.90. The summed E-state index contributed by atoms with van der Waals surface area (Å²) in [4.78, 5) is 20.9. The van der Waals surface area contributed by atoms with E-state index >= 15 is 0 Å². The monoisotopic (exact) mass is 427 g/mol. The Morgan fingerprint density at radius 1 is 1.03 bits per heavy atom. The molecule has 0 atom stereocenters. The van der Waals surface area contributed by atoms with E-state index in [1.807, 2.05) is 37.3 Å². The molecule has 0 unspecified atom stereocenters. The summed E-state index contributed by atoms with van der Waals surface area (Å²) in [5, 5.41) is 15.3. The van der Waals surface area contributed by atoms with Crippen molar-refractivity contribution < 1.29 is 9.90 Å². The van der Waals surface area contributed by atoms with Crippen molar-refractivity contribution in [2.24, 2.45) is 0 Å². The molecule has 1 aliphatic rings. The van der Waals surface area contributed by atoms with Gasteiger partial charge in [0.05, 0.1) is 16.8 Å². The van der Waals surface area contributed by atoms with Crippen LogP contribution in [0, 0.1) is 6.92 Å². The number of nitrogens with zero attached hydrogens (tertiary/aromatic N) is 5. The fourth-order valence-electron chi connectivity index (χ4n) is 4.22. The molecule has 0 aliphatic carbocycles. The lowest BCUT2D eigenvalue weighted by Gasteiger charge is -2.44. The highest BCUT2D eigenvalue weighted by atomic mass is 16.4. The number of likely N-dealkylation sites (N-methyl/N-ethyl adjacent to an activating group) is 1. The number of carboxylic acid groups (broad SMARTS) is 1. The van der Waals surface area contributed by atoms with Gasteiger partial charge in [-0.05, 0) is 62.5 Å². The highest BCUT2D eigenvalue weighted by Gasteiger charge is 2.28. The minimum Gasteiger partial charge on any atom is -0.477 e. The largest absolute Gasteiger partial charge is 0.477 e. The minimum atomic E-state index is -1.06. The zero-order chi connectivity index (χ0) is 22.4. The number of para-hydroxylation sites is 1. The minimum absolute atomic E-state index is 0.00484. The number of aryl methyl sites for hydroxylation is 1. The van der Waals surface area contributed by atoms with Crippen LogP contribution in [0.5, 0.6) is 0 Å². The van der Waals surface area contributed by atoms with E-state index in [2.05, 4.69) is 58.2 Å². The average Bonchev–Trinajstić information content (AvgIpc) is 3.09. The summed E-state index contributed by atoms with van der Waals surface area (Å²) in [5.74, 6) is -1.06. The number of hydrogen-bond acceptors (Lipinski definition) is 5. The van der Waals surface area contributed by atoms with Gasteiger partial charge in [-0.3, -0.25) is 0 Å². The highest BCUT2D eigenvalue weighted by Crippen LogP contribution is 2.34. The Bertz CT molecular complexity index is 1290. The molecule has 1 aliphatic heterocycles. The normalized spacial score (nSPS) is 14.2. The number of rotatable bonds is 5. The van der Waals surface area contributed by atoms with Crippen LogP contribution < -0.4 is 4.90 Å². The maximum Gasteiger partial charge on any atom is 0.354 e. The number of pyridine rings is 1. The third-order valence-electron chi connectivity index (χ3n) is 6.17. The summed E-state index contributed by atoms with van der Waals surface area (Å²) in [7, 11) is 4.22. The number of fused-ring (bicyclic) bond motifs is 1. The first kappa shape index (κ1) is 20.2. The van der Waals surface area contributed by atoms with Crippen LogP contribution in [0.25, 0.3) is 27.8 Å². The van der Waals surface area contributed by atoms with Crippen molar-refractivity contribution in [3.8, 4) is 16.8 Å². The second kappa shape index (κ2) is 7.76. The van der Waals surface area contributed by atoms with E-state index in [1.165, 1.54) is 5.69 Å². The van der Waals surface area contributed by atoms with Crippen LogP contribution in [0.2, 0.25) is 0 Å². The second-order valence-electron chi connectivity index (χ2n) is 8.46. The lowest BCUT2D eigenvalue weighted by Crippen LogP contribution is -2.57. The molecule has 1 N–H and O–H groups in total. The Morgan fingerprint density at radius 3 is 2.34 bits per heavy atom. The van der Waals surface area contributed by atoms with Gasteiger partial charge in [-0.25, -0.2) is 14.5 Å². The molecule has 7 nitrogen and oxygen atoms in total. The second-order valence-corrected chi connectivity index (χ2v) is 8.46. The summed E-state index contributed by atoms with van der Waals surface area (Å²) in [6, 6.07) is 20.2. The Balaban J connectivity index is 1.59. The fraction of sp³-hybridized carbons (Fsp3) is 0.240. The number of aromatic carboxylic acids is 1. The molecule has 0 saturated carbocycles. The Morgan fingerprint density at radius 2 is 1.72 bits per heavy atom. The van der Waals surface area contributed by atoms with E-state index in [0.717, 1.165) is 41.0 Å². The molecule has 162 valence electrons. The summed E-state index contributed by atoms with van der Waals surface area (Å²) < 4.78 is 1.72. The van der Waals surface area contributed by atoms with Crippen molar-refractivity contribution >= 4 is 22.7 Å². The van der Waals surface area contributed by atoms with Gasteiger partial charge in [-0.15, -0.1) is 0 Å². The average molecular weight is 428 g/mol. The molecule has 1 saturated heterocycles. The number of carboxylic acids is 1. The molecule has 0 amide bonds. The number of carbonyl (C=O) groups is 1. The lowest BCUT2D eigenvalue weighted by molar-refractivity contribution is 0.0691. The Labute approximate surface area is 186 Å². The predicted octanol–water partition coefficient (Wildman–Crippen LogP) is 3.84. The standard InChI is InChI=1S/C25H25N5O2/c1-16-23-21(17-9-11-18(12-10-17)29-14-20(15-29)28(2)3)13-22(25(31)32)26-24(23)30(27-16)19-7-5-4-6-8-19/h4-13,20H,14-15H2,1-3H3,(H,31,32). The molecule has 0 bridgehead atoms. The van der Waals surface area contributed by atoms with E-state index in [9.17, 15) is 9.90 Å². The van der Waals surface area contributed by atoms with Crippen LogP contribution in [-0.2, 0) is 0 Å². The fourth-order valence-corrected chi connectivity index (χ4v) is 4.22. The van der Waals surface area contributed by atoms with Crippen LogP contribution in [0.3, 0.4) is 0 Å². The third kappa shape index (κ3) is 3.40. The summed E-state index contributed by atoms with van der Waals surface area (Å²) in [6.07, 6.45) is 0. The third-order valence-corrected chi connectivity index (χ3v) is 6.17. The number of aromatic nitrogens is 3. The molecule has 3 heterocycles. The summed E-state index contributed by atoms with van der Waals surface area (Å²) in [5.41, 5.74) is 5.15. The van der Waals surface area contributed by atoms with Crippen molar-refractivity contribution in [1.82, 2.24) is 19.7 Å².